The molecule has 0 N–H and O–H groups in total. The monoisotopic (exact) mass is 757 g/mol. The molecular weight excluding hydrogens is 685 g/mol. The lowest BCUT2D eigenvalue weighted by Gasteiger charge is -2.18. The summed E-state index contributed by atoms with van der Waals surface area (Å²) in [6.07, 6.45) is 58.7. The molecule has 0 aromatic rings. The minimum Gasteiger partial charge on any atom is -0.462 e. The van der Waals surface area contributed by atoms with Gasteiger partial charge in [0.2, 0.25) is 0 Å². The molecule has 0 radical (unpaired) electrons. The molecule has 0 heterocycles. The van der Waals surface area contributed by atoms with Gasteiger partial charge in [-0.15, -0.1) is 0 Å². The lowest BCUT2D eigenvalue weighted by atomic mass is 10.1. The van der Waals surface area contributed by atoms with Crippen molar-refractivity contribution in [2.75, 3.05) is 13.2 Å². The van der Waals surface area contributed by atoms with Gasteiger partial charge >= 0.3 is 17.9 Å². The van der Waals surface area contributed by atoms with Crippen LogP contribution in [0.2, 0.25) is 0 Å². The zero-order chi connectivity index (χ0) is 40.1. The van der Waals surface area contributed by atoms with Gasteiger partial charge in [-0.05, 0) is 70.6 Å². The van der Waals surface area contributed by atoms with Crippen LogP contribution in [0, 0.1) is 0 Å². The van der Waals surface area contributed by atoms with Gasteiger partial charge in [-0.2, -0.15) is 0 Å². The smallest absolute Gasteiger partial charge is 0.306 e. The fraction of sp³-hybridized carbons (Fsp3) is 0.490. The maximum atomic E-state index is 12.7. The van der Waals surface area contributed by atoms with E-state index in [1.165, 1.54) is 12.8 Å². The Morgan fingerprint density at radius 3 is 1.16 bits per heavy atom. The highest BCUT2D eigenvalue weighted by molar-refractivity contribution is 5.71. The third kappa shape index (κ3) is 40.6. The molecule has 0 aliphatic carbocycles. The first-order valence-electron chi connectivity index (χ1n) is 20.8. The van der Waals surface area contributed by atoms with Crippen molar-refractivity contribution in [3.8, 4) is 0 Å². The van der Waals surface area contributed by atoms with Crippen LogP contribution in [-0.4, -0.2) is 37.2 Å². The summed E-state index contributed by atoms with van der Waals surface area (Å²) < 4.78 is 16.5. The van der Waals surface area contributed by atoms with Crippen LogP contribution in [0.1, 0.15) is 136 Å². The van der Waals surface area contributed by atoms with Crippen LogP contribution in [0.3, 0.4) is 0 Å². The molecule has 6 heteroatoms. The number of ether oxygens (including phenoxy) is 3. The van der Waals surface area contributed by atoms with Crippen molar-refractivity contribution in [3.63, 3.8) is 0 Å². The van der Waals surface area contributed by atoms with E-state index >= 15 is 0 Å². The zero-order valence-corrected chi connectivity index (χ0v) is 34.4. The molecule has 0 aromatic carbocycles. The minimum absolute atomic E-state index is 0.137. The maximum absolute atomic E-state index is 12.7. The lowest BCUT2D eigenvalue weighted by Crippen LogP contribution is -2.30. The number of unbranched alkanes of at least 4 members (excludes halogenated alkanes) is 9. The van der Waals surface area contributed by atoms with E-state index in [1.54, 1.807) is 0 Å². The van der Waals surface area contributed by atoms with Gasteiger partial charge in [0, 0.05) is 19.3 Å². The molecule has 0 fully saturated rings. The van der Waals surface area contributed by atoms with E-state index in [4.69, 9.17) is 14.2 Å². The van der Waals surface area contributed by atoms with Crippen LogP contribution in [0.5, 0.6) is 0 Å². The normalized spacial score (nSPS) is 13.4. The molecule has 0 aliphatic rings. The van der Waals surface area contributed by atoms with E-state index in [0.717, 1.165) is 70.6 Å². The average Bonchev–Trinajstić information content (AvgIpc) is 3.18. The van der Waals surface area contributed by atoms with Gasteiger partial charge in [0.05, 0.1) is 0 Å². The first-order valence-corrected chi connectivity index (χ1v) is 20.8. The molecular formula is C49H72O6. The maximum Gasteiger partial charge on any atom is 0.306 e. The second-order valence-corrected chi connectivity index (χ2v) is 13.0. The first kappa shape index (κ1) is 50.5. The molecule has 0 spiro atoms. The third-order valence-corrected chi connectivity index (χ3v) is 7.87. The van der Waals surface area contributed by atoms with E-state index < -0.39 is 6.10 Å². The zero-order valence-electron chi connectivity index (χ0n) is 34.4. The number of carbonyl (C=O) groups excluding carboxylic acids is 3. The van der Waals surface area contributed by atoms with E-state index in [1.807, 2.05) is 91.1 Å². The van der Waals surface area contributed by atoms with Crippen molar-refractivity contribution in [3.05, 3.63) is 134 Å². The van der Waals surface area contributed by atoms with Gasteiger partial charge in [-0.1, -0.05) is 180 Å². The molecule has 0 bridgehead atoms. The Balaban J connectivity index is 4.66. The van der Waals surface area contributed by atoms with Crippen molar-refractivity contribution in [2.24, 2.45) is 0 Å². The number of esters is 3. The molecule has 1 unspecified atom stereocenters. The molecule has 304 valence electrons. The standard InChI is InChI=1S/C49H72O6/c1-4-7-10-13-16-19-22-24-27-30-33-36-39-42-48(51)54-45-46(44-53-47(50)41-38-35-32-29-26-21-18-15-12-9-6-3)55-49(52)43-40-37-34-31-28-25-23-20-17-14-11-8-5-2/h7-8,10-11,13-28,30,33,46H,4-6,9,12,29,31-32,34-45H2,1-3H3/b10-7-,11-8-,16-13-,17-14-,18-15-,22-19-,23-20-,26-21-,27-24-,28-25-,33-30-. The van der Waals surface area contributed by atoms with Crippen LogP contribution in [0.4, 0.5) is 0 Å². The molecule has 1 atom stereocenters. The molecule has 0 aliphatic heterocycles. The lowest BCUT2D eigenvalue weighted by molar-refractivity contribution is -0.167. The van der Waals surface area contributed by atoms with E-state index in [9.17, 15) is 14.4 Å². The molecule has 6 nitrogen and oxygen atoms in total. The molecule has 55 heavy (non-hydrogen) atoms. The summed E-state index contributed by atoms with van der Waals surface area (Å²) in [5.74, 6) is -1.10. The Morgan fingerprint density at radius 1 is 0.382 bits per heavy atom. The summed E-state index contributed by atoms with van der Waals surface area (Å²) in [4.78, 5) is 37.6. The minimum atomic E-state index is -0.840. The Bertz CT molecular complexity index is 1280. The largest absolute Gasteiger partial charge is 0.462 e. The quantitative estimate of drug-likeness (QED) is 0.0281. The molecule has 0 saturated heterocycles. The van der Waals surface area contributed by atoms with E-state index in [-0.39, 0.29) is 44.0 Å². The topological polar surface area (TPSA) is 78.9 Å². The number of hydrogen-bond donors (Lipinski definition) is 0. The molecule has 0 amide bonds. The van der Waals surface area contributed by atoms with E-state index in [2.05, 4.69) is 63.3 Å². The highest BCUT2D eigenvalue weighted by Gasteiger charge is 2.19. The highest BCUT2D eigenvalue weighted by Crippen LogP contribution is 2.10. The van der Waals surface area contributed by atoms with Crippen molar-refractivity contribution >= 4 is 17.9 Å². The van der Waals surface area contributed by atoms with Crippen molar-refractivity contribution < 1.29 is 28.6 Å². The van der Waals surface area contributed by atoms with Crippen LogP contribution >= 0.6 is 0 Å². The van der Waals surface area contributed by atoms with Crippen LogP contribution < -0.4 is 0 Å². The summed E-state index contributed by atoms with van der Waals surface area (Å²) >= 11 is 0. The van der Waals surface area contributed by atoms with Crippen LogP contribution in [0.25, 0.3) is 0 Å². The number of hydrogen-bond acceptors (Lipinski definition) is 6. The first-order chi connectivity index (χ1) is 27.0. The average molecular weight is 757 g/mol. The molecule has 0 saturated carbocycles. The van der Waals surface area contributed by atoms with Crippen LogP contribution in [-0.2, 0) is 28.6 Å². The van der Waals surface area contributed by atoms with Crippen LogP contribution in [0.15, 0.2) is 134 Å². The Morgan fingerprint density at radius 2 is 0.727 bits per heavy atom. The van der Waals surface area contributed by atoms with Gasteiger partial charge in [-0.25, -0.2) is 0 Å². The second kappa shape index (κ2) is 42.3. The summed E-state index contributed by atoms with van der Waals surface area (Å²) in [6, 6.07) is 0. The second-order valence-electron chi connectivity index (χ2n) is 13.0. The molecule has 0 rings (SSSR count). The predicted molar refractivity (Wildman–Crippen MR) is 232 cm³/mol. The van der Waals surface area contributed by atoms with E-state index in [0.29, 0.717) is 19.3 Å². The Labute approximate surface area is 334 Å². The summed E-state index contributed by atoms with van der Waals surface area (Å²) in [5.41, 5.74) is 0. The van der Waals surface area contributed by atoms with Gasteiger partial charge in [0.15, 0.2) is 6.10 Å². The predicted octanol–water partition coefficient (Wildman–Crippen LogP) is 13.2. The van der Waals surface area contributed by atoms with Gasteiger partial charge < -0.3 is 14.2 Å². The van der Waals surface area contributed by atoms with Gasteiger partial charge in [0.1, 0.15) is 13.2 Å². The van der Waals surface area contributed by atoms with Crippen molar-refractivity contribution in [1.29, 1.82) is 0 Å². The highest BCUT2D eigenvalue weighted by atomic mass is 16.6. The van der Waals surface area contributed by atoms with Gasteiger partial charge in [0.25, 0.3) is 0 Å². The number of rotatable bonds is 34. The Kier molecular flexibility index (Phi) is 38.9. The summed E-state index contributed by atoms with van der Waals surface area (Å²) in [7, 11) is 0. The Hall–Kier alpha value is -4.45. The van der Waals surface area contributed by atoms with Crippen molar-refractivity contribution in [1.82, 2.24) is 0 Å². The number of allylic oxidation sites excluding steroid dienone is 22. The van der Waals surface area contributed by atoms with Gasteiger partial charge in [-0.3, -0.25) is 14.4 Å². The molecule has 0 aromatic heterocycles. The SMILES string of the molecule is CC\C=C/C=C\C=C/C=C\C=C/CCCC(=O)OCC(COC(=O)CCCCC/C=C\C=C/CCCC)OC(=O)CCCCC\C=C/C=C\C=C/C=C\CC. The summed E-state index contributed by atoms with van der Waals surface area (Å²) in [6.45, 7) is 6.12. The number of carbonyl (C=O) groups is 3. The summed E-state index contributed by atoms with van der Waals surface area (Å²) in [5, 5.41) is 0. The third-order valence-electron chi connectivity index (χ3n) is 7.87. The fourth-order valence-corrected chi connectivity index (χ4v) is 4.75. The van der Waals surface area contributed by atoms with Crippen molar-refractivity contribution in [2.45, 2.75) is 142 Å². The fourth-order valence-electron chi connectivity index (χ4n) is 4.75.